The summed E-state index contributed by atoms with van der Waals surface area (Å²) in [6, 6.07) is 5.75. The average molecular weight is 379 g/mol. The molecule has 0 atom stereocenters. The molecule has 0 saturated heterocycles. The summed E-state index contributed by atoms with van der Waals surface area (Å²) in [6.07, 6.45) is 0.652. The maximum atomic E-state index is 13.1. The number of amides is 1. The van der Waals surface area contributed by atoms with Crippen LogP contribution in [0.5, 0.6) is 0 Å². The number of nitrogens with zero attached hydrogens (tertiary/aromatic N) is 3. The fourth-order valence-corrected chi connectivity index (χ4v) is 3.43. The van der Waals surface area contributed by atoms with Crippen molar-refractivity contribution in [2.24, 2.45) is 0 Å². The van der Waals surface area contributed by atoms with Gasteiger partial charge in [0.05, 0.1) is 27.6 Å². The van der Waals surface area contributed by atoms with Gasteiger partial charge in [-0.15, -0.1) is 11.3 Å². The molecule has 0 radical (unpaired) electrons. The van der Waals surface area contributed by atoms with Gasteiger partial charge < -0.3 is 5.32 Å². The normalized spacial score (nSPS) is 10.9. The highest BCUT2D eigenvalue weighted by molar-refractivity contribution is 7.09. The van der Waals surface area contributed by atoms with E-state index in [1.807, 2.05) is 12.3 Å². The van der Waals surface area contributed by atoms with Crippen LogP contribution in [0.25, 0.3) is 5.69 Å². The van der Waals surface area contributed by atoms with Gasteiger partial charge in [-0.3, -0.25) is 4.79 Å². The predicted octanol–water partition coefficient (Wildman–Crippen LogP) is 3.71. The van der Waals surface area contributed by atoms with E-state index in [1.54, 1.807) is 30.4 Å². The molecule has 3 aromatic rings. The Morgan fingerprint density at radius 3 is 2.68 bits per heavy atom. The van der Waals surface area contributed by atoms with Crippen LogP contribution in [-0.4, -0.2) is 27.2 Å². The lowest BCUT2D eigenvalue weighted by Gasteiger charge is -2.05. The van der Waals surface area contributed by atoms with Gasteiger partial charge in [0, 0.05) is 18.3 Å². The predicted molar refractivity (Wildman–Crippen MR) is 96.2 cm³/mol. The van der Waals surface area contributed by atoms with E-state index in [9.17, 15) is 9.18 Å². The lowest BCUT2D eigenvalue weighted by molar-refractivity contribution is 0.0953. The number of carbonyl (C=O) groups excluding carboxylic acids is 1. The number of nitrogens with one attached hydrogen (secondary N) is 1. The van der Waals surface area contributed by atoms with E-state index in [0.717, 1.165) is 10.7 Å². The second kappa shape index (κ2) is 7.33. The molecule has 0 aliphatic heterocycles. The second-order valence-electron chi connectivity index (χ2n) is 5.50. The molecule has 2 aromatic heterocycles. The topological polar surface area (TPSA) is 59.8 Å². The number of hydrogen-bond acceptors (Lipinski definition) is 4. The monoisotopic (exact) mass is 378 g/mol. The van der Waals surface area contributed by atoms with Crippen LogP contribution in [0.15, 0.2) is 29.6 Å². The molecular weight excluding hydrogens is 363 g/mol. The molecule has 8 heteroatoms. The van der Waals surface area contributed by atoms with Crippen molar-refractivity contribution in [1.29, 1.82) is 0 Å². The standard InChI is InChI=1S/C17H16ClFN4OS/c1-10-15(17(24)20-8-7-13-9-25-11(2)21-13)16(18)23(22-10)14-5-3-12(19)4-6-14/h3-6,9H,7-8H2,1-2H3,(H,20,24). The lowest BCUT2D eigenvalue weighted by atomic mass is 10.2. The molecule has 0 spiro atoms. The van der Waals surface area contributed by atoms with Gasteiger partial charge in [-0.1, -0.05) is 11.6 Å². The minimum Gasteiger partial charge on any atom is -0.351 e. The molecule has 0 unspecified atom stereocenters. The fraction of sp³-hybridized carbons (Fsp3) is 0.235. The molecule has 0 saturated carbocycles. The van der Waals surface area contributed by atoms with Gasteiger partial charge in [-0.2, -0.15) is 5.10 Å². The maximum absolute atomic E-state index is 13.1. The highest BCUT2D eigenvalue weighted by Crippen LogP contribution is 2.23. The van der Waals surface area contributed by atoms with Crippen molar-refractivity contribution in [2.45, 2.75) is 20.3 Å². The number of rotatable bonds is 5. The van der Waals surface area contributed by atoms with Gasteiger partial charge in [0.1, 0.15) is 11.0 Å². The van der Waals surface area contributed by atoms with Crippen LogP contribution in [-0.2, 0) is 6.42 Å². The first-order valence-corrected chi connectivity index (χ1v) is 8.91. The number of halogens is 2. The highest BCUT2D eigenvalue weighted by Gasteiger charge is 2.21. The molecule has 0 aliphatic rings. The van der Waals surface area contributed by atoms with Crippen molar-refractivity contribution in [3.05, 3.63) is 62.6 Å². The number of aromatic nitrogens is 3. The largest absolute Gasteiger partial charge is 0.351 e. The number of hydrogen-bond donors (Lipinski definition) is 1. The SMILES string of the molecule is Cc1nc(CCNC(=O)c2c(C)nn(-c3ccc(F)cc3)c2Cl)cs1. The van der Waals surface area contributed by atoms with E-state index in [2.05, 4.69) is 15.4 Å². The van der Waals surface area contributed by atoms with Crippen LogP contribution in [0.2, 0.25) is 5.15 Å². The molecule has 0 bridgehead atoms. The smallest absolute Gasteiger partial charge is 0.256 e. The zero-order valence-corrected chi connectivity index (χ0v) is 15.3. The van der Waals surface area contributed by atoms with Crippen molar-refractivity contribution in [1.82, 2.24) is 20.1 Å². The second-order valence-corrected chi connectivity index (χ2v) is 6.92. The zero-order valence-electron chi connectivity index (χ0n) is 13.7. The molecule has 2 heterocycles. The minimum atomic E-state index is -0.348. The molecule has 5 nitrogen and oxygen atoms in total. The summed E-state index contributed by atoms with van der Waals surface area (Å²) in [5.41, 5.74) is 2.37. The van der Waals surface area contributed by atoms with Gasteiger partial charge in [-0.25, -0.2) is 14.1 Å². The zero-order chi connectivity index (χ0) is 18.0. The number of thiazole rings is 1. The van der Waals surface area contributed by atoms with E-state index in [4.69, 9.17) is 11.6 Å². The first-order valence-electron chi connectivity index (χ1n) is 7.66. The molecular formula is C17H16ClFN4OS. The van der Waals surface area contributed by atoms with Crippen LogP contribution in [0.1, 0.15) is 26.8 Å². The first-order chi connectivity index (χ1) is 12.0. The molecule has 0 aliphatic carbocycles. The van der Waals surface area contributed by atoms with Crippen molar-refractivity contribution in [2.75, 3.05) is 6.54 Å². The average Bonchev–Trinajstić information content (AvgIpc) is 3.11. The van der Waals surface area contributed by atoms with Crippen LogP contribution in [0, 0.1) is 19.7 Å². The van der Waals surface area contributed by atoms with Crippen LogP contribution in [0.3, 0.4) is 0 Å². The summed E-state index contributed by atoms with van der Waals surface area (Å²) in [5, 5.41) is 10.3. The molecule has 1 amide bonds. The Morgan fingerprint density at radius 2 is 2.04 bits per heavy atom. The summed E-state index contributed by atoms with van der Waals surface area (Å²) >= 11 is 7.91. The van der Waals surface area contributed by atoms with E-state index in [-0.39, 0.29) is 16.9 Å². The van der Waals surface area contributed by atoms with Gasteiger partial charge in [0.15, 0.2) is 0 Å². The summed E-state index contributed by atoms with van der Waals surface area (Å²) < 4.78 is 14.5. The van der Waals surface area contributed by atoms with Crippen molar-refractivity contribution >= 4 is 28.8 Å². The van der Waals surface area contributed by atoms with Gasteiger partial charge >= 0.3 is 0 Å². The molecule has 0 fully saturated rings. The Hall–Kier alpha value is -2.25. The third-order valence-electron chi connectivity index (χ3n) is 3.64. The van der Waals surface area contributed by atoms with Crippen LogP contribution >= 0.6 is 22.9 Å². The van der Waals surface area contributed by atoms with Crippen molar-refractivity contribution in [3.63, 3.8) is 0 Å². The van der Waals surface area contributed by atoms with Gasteiger partial charge in [0.25, 0.3) is 5.91 Å². The molecule has 1 aromatic carbocycles. The van der Waals surface area contributed by atoms with Crippen molar-refractivity contribution < 1.29 is 9.18 Å². The minimum absolute atomic E-state index is 0.200. The molecule has 130 valence electrons. The molecule has 1 N–H and O–H groups in total. The Morgan fingerprint density at radius 1 is 1.32 bits per heavy atom. The van der Waals surface area contributed by atoms with E-state index in [1.165, 1.54) is 16.8 Å². The maximum Gasteiger partial charge on any atom is 0.256 e. The lowest BCUT2D eigenvalue weighted by Crippen LogP contribution is -2.26. The van der Waals surface area contributed by atoms with E-state index >= 15 is 0 Å². The summed E-state index contributed by atoms with van der Waals surface area (Å²) in [4.78, 5) is 16.8. The fourth-order valence-electron chi connectivity index (χ4n) is 2.43. The number of benzene rings is 1. The van der Waals surface area contributed by atoms with Crippen LogP contribution in [0.4, 0.5) is 4.39 Å². The Balaban J connectivity index is 1.73. The Bertz CT molecular complexity index is 904. The van der Waals surface area contributed by atoms with Gasteiger partial charge in [0.2, 0.25) is 0 Å². The Labute approximate surface area is 153 Å². The number of carbonyl (C=O) groups is 1. The van der Waals surface area contributed by atoms with E-state index in [0.29, 0.717) is 29.9 Å². The van der Waals surface area contributed by atoms with Gasteiger partial charge in [-0.05, 0) is 38.1 Å². The van der Waals surface area contributed by atoms with E-state index < -0.39 is 0 Å². The van der Waals surface area contributed by atoms with Crippen molar-refractivity contribution in [3.8, 4) is 5.69 Å². The first kappa shape index (κ1) is 17.6. The summed E-state index contributed by atoms with van der Waals surface area (Å²) in [6.45, 7) is 4.11. The Kier molecular flexibility index (Phi) is 5.15. The quantitative estimate of drug-likeness (QED) is 0.736. The number of aryl methyl sites for hydroxylation is 2. The summed E-state index contributed by atoms with van der Waals surface area (Å²) in [7, 11) is 0. The highest BCUT2D eigenvalue weighted by atomic mass is 35.5. The molecule has 25 heavy (non-hydrogen) atoms. The molecule has 3 rings (SSSR count). The van der Waals surface area contributed by atoms with Crippen LogP contribution < -0.4 is 5.32 Å². The third kappa shape index (κ3) is 3.88. The third-order valence-corrected chi connectivity index (χ3v) is 4.81. The summed E-state index contributed by atoms with van der Waals surface area (Å²) in [5.74, 6) is -0.637.